The Morgan fingerprint density at radius 3 is 2.29 bits per heavy atom. The van der Waals surface area contributed by atoms with Crippen molar-refractivity contribution in [2.75, 3.05) is 13.6 Å². The summed E-state index contributed by atoms with van der Waals surface area (Å²) in [6.07, 6.45) is 0. The quantitative estimate of drug-likeness (QED) is 0.790. The Morgan fingerprint density at radius 2 is 1.82 bits per heavy atom. The fraction of sp³-hybridized carbons (Fsp3) is 0.533. The Kier molecular flexibility index (Phi) is 4.88. The molecule has 0 saturated heterocycles. The van der Waals surface area contributed by atoms with Crippen molar-refractivity contribution in [1.29, 1.82) is 0 Å². The lowest BCUT2D eigenvalue weighted by atomic mass is 9.89. The average Bonchev–Trinajstić information content (AvgIpc) is 2.28. The van der Waals surface area contributed by atoms with Crippen LogP contribution in [-0.2, 0) is 0 Å². The largest absolute Gasteiger partial charge is 0.315 e. The van der Waals surface area contributed by atoms with E-state index in [9.17, 15) is 0 Å². The van der Waals surface area contributed by atoms with Crippen LogP contribution in [0, 0.1) is 5.41 Å². The van der Waals surface area contributed by atoms with Crippen LogP contribution in [0.5, 0.6) is 0 Å². The van der Waals surface area contributed by atoms with E-state index in [1.165, 1.54) is 11.3 Å². The summed E-state index contributed by atoms with van der Waals surface area (Å²) in [5, 5.41) is 3.20. The van der Waals surface area contributed by atoms with Crippen LogP contribution in [0.3, 0.4) is 0 Å². The van der Waals surface area contributed by atoms with Gasteiger partial charge in [-0.05, 0) is 19.5 Å². The standard InChI is InChI=1S/C15H24N2/c1-12(13-9-7-6-8-10-13)17-14(11-16-5)15(2,3)4/h6-10,12,16H,11H2,1-5H3/t12-/m1/s1. The molecule has 94 valence electrons. The van der Waals surface area contributed by atoms with Crippen molar-refractivity contribution in [2.24, 2.45) is 10.4 Å². The Morgan fingerprint density at radius 1 is 1.24 bits per heavy atom. The molecule has 0 saturated carbocycles. The number of nitrogens with zero attached hydrogens (tertiary/aromatic N) is 1. The molecule has 2 nitrogen and oxygen atoms in total. The van der Waals surface area contributed by atoms with Crippen molar-refractivity contribution >= 4 is 5.71 Å². The summed E-state index contributed by atoms with van der Waals surface area (Å²) in [6.45, 7) is 9.63. The summed E-state index contributed by atoms with van der Waals surface area (Å²) in [5.74, 6) is 0. The summed E-state index contributed by atoms with van der Waals surface area (Å²) < 4.78 is 0. The molecule has 0 aromatic heterocycles. The third-order valence-electron chi connectivity index (χ3n) is 2.84. The van der Waals surface area contributed by atoms with Gasteiger partial charge in [0.1, 0.15) is 0 Å². The van der Waals surface area contributed by atoms with Crippen LogP contribution in [0.25, 0.3) is 0 Å². The highest BCUT2D eigenvalue weighted by atomic mass is 14.9. The zero-order valence-electron chi connectivity index (χ0n) is 11.6. The lowest BCUT2D eigenvalue weighted by molar-refractivity contribution is 0.568. The van der Waals surface area contributed by atoms with Crippen molar-refractivity contribution < 1.29 is 0 Å². The molecule has 0 fully saturated rings. The summed E-state index contributed by atoms with van der Waals surface area (Å²) >= 11 is 0. The molecule has 0 spiro atoms. The van der Waals surface area contributed by atoms with Gasteiger partial charge in [-0.3, -0.25) is 4.99 Å². The van der Waals surface area contributed by atoms with E-state index in [1.54, 1.807) is 0 Å². The molecule has 1 N–H and O–H groups in total. The Balaban J connectivity index is 2.91. The first-order valence-electron chi connectivity index (χ1n) is 6.22. The van der Waals surface area contributed by atoms with E-state index in [1.807, 2.05) is 13.1 Å². The minimum absolute atomic E-state index is 0.117. The predicted octanol–water partition coefficient (Wildman–Crippen LogP) is 3.45. The molecule has 2 heteroatoms. The third-order valence-corrected chi connectivity index (χ3v) is 2.84. The Bertz CT molecular complexity index is 360. The minimum Gasteiger partial charge on any atom is -0.315 e. The molecule has 17 heavy (non-hydrogen) atoms. The van der Waals surface area contributed by atoms with Crippen LogP contribution < -0.4 is 5.32 Å². The van der Waals surface area contributed by atoms with Crippen LogP contribution in [0.1, 0.15) is 39.3 Å². The number of aliphatic imine (C=N–C) groups is 1. The molecule has 0 radical (unpaired) electrons. The first kappa shape index (κ1) is 13.9. The van der Waals surface area contributed by atoms with Gasteiger partial charge in [0.15, 0.2) is 0 Å². The minimum atomic E-state index is 0.117. The zero-order chi connectivity index (χ0) is 12.9. The van der Waals surface area contributed by atoms with Gasteiger partial charge in [-0.25, -0.2) is 0 Å². The lowest BCUT2D eigenvalue weighted by Crippen LogP contribution is -2.30. The highest BCUT2D eigenvalue weighted by Gasteiger charge is 2.19. The second kappa shape index (κ2) is 5.97. The van der Waals surface area contributed by atoms with Gasteiger partial charge in [0.05, 0.1) is 6.04 Å². The second-order valence-electron chi connectivity index (χ2n) is 5.44. The molecule has 1 atom stereocenters. The SMILES string of the molecule is CNCC(=N[C@H](C)c1ccccc1)C(C)(C)C. The van der Waals surface area contributed by atoms with Gasteiger partial charge >= 0.3 is 0 Å². The normalized spacial score (nSPS) is 14.8. The molecular weight excluding hydrogens is 208 g/mol. The van der Waals surface area contributed by atoms with Crippen molar-refractivity contribution in [3.63, 3.8) is 0 Å². The maximum absolute atomic E-state index is 4.86. The smallest absolute Gasteiger partial charge is 0.0721 e. The number of hydrogen-bond acceptors (Lipinski definition) is 2. The van der Waals surface area contributed by atoms with Gasteiger partial charge in [-0.2, -0.15) is 0 Å². The summed E-state index contributed by atoms with van der Waals surface area (Å²) in [5.41, 5.74) is 2.60. The topological polar surface area (TPSA) is 24.4 Å². The lowest BCUT2D eigenvalue weighted by Gasteiger charge is -2.23. The molecule has 1 aromatic rings. The van der Waals surface area contributed by atoms with Crippen LogP contribution >= 0.6 is 0 Å². The predicted molar refractivity (Wildman–Crippen MR) is 75.7 cm³/mol. The number of hydrogen-bond donors (Lipinski definition) is 1. The van der Waals surface area contributed by atoms with Crippen molar-refractivity contribution in [1.82, 2.24) is 5.32 Å². The van der Waals surface area contributed by atoms with Crippen LogP contribution in [0.2, 0.25) is 0 Å². The number of benzene rings is 1. The van der Waals surface area contributed by atoms with E-state index < -0.39 is 0 Å². The monoisotopic (exact) mass is 232 g/mol. The molecule has 0 amide bonds. The highest BCUT2D eigenvalue weighted by molar-refractivity contribution is 5.91. The van der Waals surface area contributed by atoms with Gasteiger partial charge in [0, 0.05) is 17.7 Å². The highest BCUT2D eigenvalue weighted by Crippen LogP contribution is 2.22. The summed E-state index contributed by atoms with van der Waals surface area (Å²) in [7, 11) is 1.97. The van der Waals surface area contributed by atoms with E-state index in [2.05, 4.69) is 57.3 Å². The maximum Gasteiger partial charge on any atom is 0.0721 e. The van der Waals surface area contributed by atoms with E-state index in [4.69, 9.17) is 4.99 Å². The molecule has 0 aliphatic heterocycles. The Hall–Kier alpha value is -1.15. The zero-order valence-corrected chi connectivity index (χ0v) is 11.6. The van der Waals surface area contributed by atoms with E-state index in [0.29, 0.717) is 0 Å². The maximum atomic E-state index is 4.86. The van der Waals surface area contributed by atoms with Crippen molar-refractivity contribution in [3.05, 3.63) is 35.9 Å². The fourth-order valence-corrected chi connectivity index (χ4v) is 1.71. The number of nitrogens with one attached hydrogen (secondary N) is 1. The van der Waals surface area contributed by atoms with Gasteiger partial charge < -0.3 is 5.32 Å². The van der Waals surface area contributed by atoms with E-state index >= 15 is 0 Å². The molecular formula is C15H24N2. The fourth-order valence-electron chi connectivity index (χ4n) is 1.71. The van der Waals surface area contributed by atoms with Gasteiger partial charge in [0.2, 0.25) is 0 Å². The third kappa shape index (κ3) is 4.31. The van der Waals surface area contributed by atoms with Crippen LogP contribution in [0.15, 0.2) is 35.3 Å². The van der Waals surface area contributed by atoms with E-state index in [-0.39, 0.29) is 11.5 Å². The molecule has 0 heterocycles. The van der Waals surface area contributed by atoms with Crippen LogP contribution in [-0.4, -0.2) is 19.3 Å². The first-order valence-corrected chi connectivity index (χ1v) is 6.22. The molecule has 0 unspecified atom stereocenters. The Labute approximate surface area is 105 Å². The molecule has 1 rings (SSSR count). The van der Waals surface area contributed by atoms with Crippen molar-refractivity contribution in [2.45, 2.75) is 33.7 Å². The van der Waals surface area contributed by atoms with Gasteiger partial charge in [-0.1, -0.05) is 51.1 Å². The van der Waals surface area contributed by atoms with Crippen molar-refractivity contribution in [3.8, 4) is 0 Å². The van der Waals surface area contributed by atoms with E-state index in [0.717, 1.165) is 6.54 Å². The molecule has 0 aliphatic carbocycles. The van der Waals surface area contributed by atoms with Gasteiger partial charge in [-0.15, -0.1) is 0 Å². The first-order chi connectivity index (χ1) is 7.95. The molecule has 0 bridgehead atoms. The summed E-state index contributed by atoms with van der Waals surface area (Å²) in [4.78, 5) is 4.86. The van der Waals surface area contributed by atoms with Gasteiger partial charge in [0.25, 0.3) is 0 Å². The summed E-state index contributed by atoms with van der Waals surface area (Å²) in [6, 6.07) is 10.7. The second-order valence-corrected chi connectivity index (χ2v) is 5.44. The molecule has 0 aliphatic rings. The number of rotatable bonds is 4. The average molecular weight is 232 g/mol. The molecule has 1 aromatic carbocycles. The van der Waals surface area contributed by atoms with Crippen LogP contribution in [0.4, 0.5) is 0 Å².